The Morgan fingerprint density at radius 3 is 2.71 bits per heavy atom. The minimum atomic E-state index is -0.0193. The fourth-order valence-electron chi connectivity index (χ4n) is 1.52. The van der Waals surface area contributed by atoms with Crippen LogP contribution in [0.4, 0.5) is 0 Å². The first-order valence-electron chi connectivity index (χ1n) is 4.82. The maximum atomic E-state index is 10.3. The van der Waals surface area contributed by atoms with Crippen molar-refractivity contribution in [1.29, 1.82) is 0 Å². The lowest BCUT2D eigenvalue weighted by Gasteiger charge is -2.00. The number of aryl methyl sites for hydroxylation is 1. The highest BCUT2D eigenvalue weighted by molar-refractivity contribution is 5.81. The molecule has 0 saturated carbocycles. The average molecular weight is 186 g/mol. The van der Waals surface area contributed by atoms with Crippen LogP contribution >= 0.6 is 0 Å². The van der Waals surface area contributed by atoms with Gasteiger partial charge in [0.25, 0.3) is 0 Å². The maximum Gasteiger partial charge on any atom is 0.0826 e. The van der Waals surface area contributed by atoms with Crippen LogP contribution in [0.5, 0.6) is 0 Å². The van der Waals surface area contributed by atoms with Crippen LogP contribution in [0.1, 0.15) is 12.1 Å². The molecule has 1 aromatic carbocycles. The Bertz CT molecular complexity index is 425. The Labute approximate surface area is 83.2 Å². The quantitative estimate of drug-likeness (QED) is 0.725. The van der Waals surface area contributed by atoms with E-state index in [1.807, 2.05) is 24.4 Å². The molecule has 1 aromatic heterocycles. The van der Waals surface area contributed by atoms with E-state index in [0.717, 1.165) is 17.5 Å². The van der Waals surface area contributed by atoms with E-state index in [1.165, 1.54) is 5.39 Å². The first-order valence-corrected chi connectivity index (χ1v) is 4.82. The molecule has 0 aliphatic rings. The van der Waals surface area contributed by atoms with Gasteiger partial charge in [-0.25, -0.2) is 5.11 Å². The van der Waals surface area contributed by atoms with Crippen LogP contribution in [0.3, 0.4) is 0 Å². The number of benzene rings is 1. The van der Waals surface area contributed by atoms with Crippen LogP contribution in [0, 0.1) is 0 Å². The largest absolute Gasteiger partial charge is 0.261 e. The molecule has 14 heavy (non-hydrogen) atoms. The second-order valence-corrected chi connectivity index (χ2v) is 3.33. The molecule has 0 fully saturated rings. The lowest BCUT2D eigenvalue weighted by atomic mass is 10.1. The van der Waals surface area contributed by atoms with Crippen molar-refractivity contribution < 1.29 is 5.11 Å². The SMILES string of the molecule is [O]CCCc1cc2ccccc2cn1. The van der Waals surface area contributed by atoms with Gasteiger partial charge in [-0.05, 0) is 24.3 Å². The van der Waals surface area contributed by atoms with E-state index in [-0.39, 0.29) is 6.61 Å². The molecule has 0 spiro atoms. The summed E-state index contributed by atoms with van der Waals surface area (Å²) in [7, 11) is 0. The van der Waals surface area contributed by atoms with Crippen molar-refractivity contribution in [3.63, 3.8) is 0 Å². The fourth-order valence-corrected chi connectivity index (χ4v) is 1.52. The number of pyridine rings is 1. The molecular weight excluding hydrogens is 174 g/mol. The van der Waals surface area contributed by atoms with Crippen molar-refractivity contribution in [2.75, 3.05) is 6.61 Å². The van der Waals surface area contributed by atoms with Crippen LogP contribution < -0.4 is 0 Å². The first-order chi connectivity index (χ1) is 6.90. The highest BCUT2D eigenvalue weighted by Gasteiger charge is 1.97. The zero-order valence-electron chi connectivity index (χ0n) is 7.94. The van der Waals surface area contributed by atoms with E-state index >= 15 is 0 Å². The third kappa shape index (κ3) is 1.91. The van der Waals surface area contributed by atoms with Gasteiger partial charge >= 0.3 is 0 Å². The summed E-state index contributed by atoms with van der Waals surface area (Å²) in [6, 6.07) is 10.2. The molecule has 1 radical (unpaired) electrons. The number of hydrogen-bond donors (Lipinski definition) is 0. The Morgan fingerprint density at radius 1 is 1.14 bits per heavy atom. The van der Waals surface area contributed by atoms with Crippen molar-refractivity contribution in [3.05, 3.63) is 42.2 Å². The highest BCUT2D eigenvalue weighted by Crippen LogP contribution is 2.13. The van der Waals surface area contributed by atoms with Crippen LogP contribution in [-0.4, -0.2) is 11.6 Å². The third-order valence-corrected chi connectivity index (χ3v) is 2.26. The molecule has 2 aromatic rings. The summed E-state index contributed by atoms with van der Waals surface area (Å²) in [4.78, 5) is 4.31. The van der Waals surface area contributed by atoms with Gasteiger partial charge in [0.1, 0.15) is 0 Å². The summed E-state index contributed by atoms with van der Waals surface area (Å²) in [5, 5.41) is 12.7. The van der Waals surface area contributed by atoms with Gasteiger partial charge in [-0.1, -0.05) is 24.3 Å². The van der Waals surface area contributed by atoms with E-state index in [2.05, 4.69) is 17.1 Å². The molecule has 0 bridgehead atoms. The van der Waals surface area contributed by atoms with Crippen molar-refractivity contribution in [3.8, 4) is 0 Å². The Kier molecular flexibility index (Phi) is 2.75. The predicted octanol–water partition coefficient (Wildman–Crippen LogP) is 2.60. The molecule has 0 aliphatic heterocycles. The molecule has 2 nitrogen and oxygen atoms in total. The van der Waals surface area contributed by atoms with Gasteiger partial charge < -0.3 is 0 Å². The van der Waals surface area contributed by atoms with Gasteiger partial charge in [0.15, 0.2) is 0 Å². The van der Waals surface area contributed by atoms with Gasteiger partial charge in [0.05, 0.1) is 6.61 Å². The lowest BCUT2D eigenvalue weighted by molar-refractivity contribution is 0.189. The van der Waals surface area contributed by atoms with E-state index in [9.17, 15) is 5.11 Å². The molecule has 2 heteroatoms. The zero-order valence-corrected chi connectivity index (χ0v) is 7.94. The van der Waals surface area contributed by atoms with E-state index in [0.29, 0.717) is 6.42 Å². The summed E-state index contributed by atoms with van der Waals surface area (Å²) in [6.45, 7) is -0.0193. The monoisotopic (exact) mass is 186 g/mol. The molecule has 0 atom stereocenters. The van der Waals surface area contributed by atoms with E-state index in [1.54, 1.807) is 0 Å². The van der Waals surface area contributed by atoms with Crippen molar-refractivity contribution in [1.82, 2.24) is 4.98 Å². The molecule has 0 unspecified atom stereocenters. The fraction of sp³-hybridized carbons (Fsp3) is 0.250. The summed E-state index contributed by atoms with van der Waals surface area (Å²) < 4.78 is 0. The molecule has 1 heterocycles. The van der Waals surface area contributed by atoms with Gasteiger partial charge in [-0.15, -0.1) is 0 Å². The summed E-state index contributed by atoms with van der Waals surface area (Å²) in [6.07, 6.45) is 3.33. The lowest BCUT2D eigenvalue weighted by Crippen LogP contribution is -1.91. The normalized spacial score (nSPS) is 10.6. The molecule has 0 amide bonds. The Morgan fingerprint density at radius 2 is 1.93 bits per heavy atom. The summed E-state index contributed by atoms with van der Waals surface area (Å²) >= 11 is 0. The summed E-state index contributed by atoms with van der Waals surface area (Å²) in [5.74, 6) is 0. The molecular formula is C12H12NO. The minimum Gasteiger partial charge on any atom is -0.261 e. The first kappa shape index (κ1) is 9.16. The van der Waals surface area contributed by atoms with Gasteiger partial charge in [0, 0.05) is 17.3 Å². The van der Waals surface area contributed by atoms with Crippen LogP contribution in [0.2, 0.25) is 0 Å². The Hall–Kier alpha value is -1.41. The van der Waals surface area contributed by atoms with Gasteiger partial charge in [-0.3, -0.25) is 4.98 Å². The predicted molar refractivity (Wildman–Crippen MR) is 55.6 cm³/mol. The molecule has 2 rings (SSSR count). The van der Waals surface area contributed by atoms with Crippen LogP contribution in [-0.2, 0) is 11.5 Å². The number of rotatable bonds is 3. The van der Waals surface area contributed by atoms with Gasteiger partial charge in [0.2, 0.25) is 0 Å². The average Bonchev–Trinajstić information content (AvgIpc) is 2.26. The Balaban J connectivity index is 2.32. The number of hydrogen-bond acceptors (Lipinski definition) is 1. The van der Waals surface area contributed by atoms with E-state index < -0.39 is 0 Å². The van der Waals surface area contributed by atoms with Crippen molar-refractivity contribution >= 4 is 10.8 Å². The van der Waals surface area contributed by atoms with Crippen molar-refractivity contribution in [2.24, 2.45) is 0 Å². The van der Waals surface area contributed by atoms with E-state index in [4.69, 9.17) is 0 Å². The maximum absolute atomic E-state index is 10.3. The highest BCUT2D eigenvalue weighted by atomic mass is 16.2. The second kappa shape index (κ2) is 4.20. The second-order valence-electron chi connectivity index (χ2n) is 3.33. The zero-order chi connectivity index (χ0) is 9.80. The number of nitrogens with zero attached hydrogens (tertiary/aromatic N) is 1. The van der Waals surface area contributed by atoms with Crippen LogP contribution in [0.15, 0.2) is 36.5 Å². The standard InChI is InChI=1S/C12H12NO/c14-7-3-6-12-8-10-4-1-2-5-11(10)9-13-12/h1-2,4-5,8-9H,3,6-7H2. The van der Waals surface area contributed by atoms with Gasteiger partial charge in [-0.2, -0.15) is 0 Å². The molecule has 0 aliphatic carbocycles. The minimum absolute atomic E-state index is 0.0193. The number of fused-ring (bicyclic) bond motifs is 1. The third-order valence-electron chi connectivity index (χ3n) is 2.26. The number of aromatic nitrogens is 1. The molecule has 0 saturated heterocycles. The smallest absolute Gasteiger partial charge is 0.0826 e. The molecule has 0 N–H and O–H groups in total. The summed E-state index contributed by atoms with van der Waals surface area (Å²) in [5.41, 5.74) is 1.01. The van der Waals surface area contributed by atoms with Crippen molar-refractivity contribution in [2.45, 2.75) is 12.8 Å². The van der Waals surface area contributed by atoms with Crippen LogP contribution in [0.25, 0.3) is 10.8 Å². The molecule has 71 valence electrons. The topological polar surface area (TPSA) is 32.8 Å².